The minimum atomic E-state index is -0.416. The summed E-state index contributed by atoms with van der Waals surface area (Å²) in [6, 6.07) is 6.60. The fourth-order valence-electron chi connectivity index (χ4n) is 3.28. The maximum Gasteiger partial charge on any atom is 0.260 e. The van der Waals surface area contributed by atoms with E-state index in [0.29, 0.717) is 10.9 Å². The second-order valence-corrected chi connectivity index (χ2v) is 7.38. The van der Waals surface area contributed by atoms with Gasteiger partial charge < -0.3 is 10.6 Å². The van der Waals surface area contributed by atoms with Crippen LogP contribution >= 0.6 is 11.3 Å². The van der Waals surface area contributed by atoms with E-state index in [1.54, 1.807) is 18.6 Å². The van der Waals surface area contributed by atoms with E-state index in [-0.39, 0.29) is 7.43 Å². The summed E-state index contributed by atoms with van der Waals surface area (Å²) in [4.78, 5) is 29.5. The number of hydrogen-bond donors (Lipinski definition) is 1. The van der Waals surface area contributed by atoms with E-state index in [4.69, 9.17) is 5.73 Å². The predicted molar refractivity (Wildman–Crippen MR) is 109 cm³/mol. The molecule has 27 heavy (non-hydrogen) atoms. The van der Waals surface area contributed by atoms with Crippen LogP contribution in [0.4, 0.5) is 5.13 Å². The highest BCUT2D eigenvalue weighted by atomic mass is 32.1. The van der Waals surface area contributed by atoms with Gasteiger partial charge >= 0.3 is 0 Å². The SMILES string of the molecule is C.CC(c1ccc2nccnc2c1)N1CCN(c2ncc(C(N)=O)s2)CC1. The monoisotopic (exact) mass is 384 g/mol. The zero-order valence-electron chi connectivity index (χ0n) is 14.5. The second kappa shape index (κ2) is 7.98. The number of benzene rings is 1. The molecule has 0 spiro atoms. The molecule has 4 rings (SSSR count). The van der Waals surface area contributed by atoms with Crippen molar-refractivity contribution in [3.63, 3.8) is 0 Å². The fraction of sp³-hybridized carbons (Fsp3) is 0.368. The van der Waals surface area contributed by atoms with Crippen LogP contribution < -0.4 is 10.6 Å². The summed E-state index contributed by atoms with van der Waals surface area (Å²) in [5.41, 5.74) is 8.41. The molecule has 2 N–H and O–H groups in total. The Morgan fingerprint density at radius 3 is 2.48 bits per heavy atom. The van der Waals surface area contributed by atoms with Gasteiger partial charge in [0.1, 0.15) is 4.88 Å². The standard InChI is InChI=1S/C18H20N6OS.CH4/c1-12(13-2-3-14-15(10-13)21-5-4-20-14)23-6-8-24(9-7-23)18-22-11-16(26-18)17(19)25;/h2-5,10-12H,6-9H2,1H3,(H2,19,25);1H4. The van der Waals surface area contributed by atoms with Crippen LogP contribution in [0.5, 0.6) is 0 Å². The summed E-state index contributed by atoms with van der Waals surface area (Å²) in [5.74, 6) is -0.416. The molecule has 8 heteroatoms. The summed E-state index contributed by atoms with van der Waals surface area (Å²) >= 11 is 1.36. The third-order valence-corrected chi connectivity index (χ3v) is 5.92. The van der Waals surface area contributed by atoms with E-state index >= 15 is 0 Å². The first-order valence-electron chi connectivity index (χ1n) is 8.57. The van der Waals surface area contributed by atoms with Crippen LogP contribution in [0.1, 0.15) is 35.6 Å². The number of piperazine rings is 1. The van der Waals surface area contributed by atoms with Crippen molar-refractivity contribution in [3.8, 4) is 0 Å². The van der Waals surface area contributed by atoms with E-state index in [2.05, 4.69) is 43.8 Å². The van der Waals surface area contributed by atoms with Crippen LogP contribution in [0.2, 0.25) is 0 Å². The van der Waals surface area contributed by atoms with Gasteiger partial charge in [-0.05, 0) is 24.6 Å². The zero-order chi connectivity index (χ0) is 18.1. The van der Waals surface area contributed by atoms with Crippen molar-refractivity contribution < 1.29 is 4.79 Å². The zero-order valence-corrected chi connectivity index (χ0v) is 15.3. The minimum absolute atomic E-state index is 0. The first-order chi connectivity index (χ1) is 12.6. The molecule has 2 aromatic heterocycles. The number of nitrogens with two attached hydrogens (primary N) is 1. The molecule has 0 saturated carbocycles. The van der Waals surface area contributed by atoms with Crippen molar-refractivity contribution in [2.24, 2.45) is 5.73 Å². The molecule has 3 heterocycles. The molecule has 0 aliphatic carbocycles. The van der Waals surface area contributed by atoms with Crippen LogP contribution in [0.15, 0.2) is 36.8 Å². The largest absolute Gasteiger partial charge is 0.365 e. The first kappa shape index (κ1) is 19.2. The Balaban J connectivity index is 0.00000210. The topological polar surface area (TPSA) is 88.2 Å². The number of carbonyl (C=O) groups excluding carboxylic acids is 1. The number of amides is 1. The Hall–Kier alpha value is -2.58. The average molecular weight is 385 g/mol. The number of aromatic nitrogens is 3. The van der Waals surface area contributed by atoms with E-state index in [9.17, 15) is 4.79 Å². The van der Waals surface area contributed by atoms with Crippen molar-refractivity contribution in [3.05, 3.63) is 47.2 Å². The summed E-state index contributed by atoms with van der Waals surface area (Å²) in [6.07, 6.45) is 5.00. The summed E-state index contributed by atoms with van der Waals surface area (Å²) < 4.78 is 0. The Kier molecular flexibility index (Phi) is 5.67. The van der Waals surface area contributed by atoms with Gasteiger partial charge in [0.25, 0.3) is 5.91 Å². The number of primary amides is 1. The van der Waals surface area contributed by atoms with E-state index in [1.165, 1.54) is 16.9 Å². The van der Waals surface area contributed by atoms with Crippen molar-refractivity contribution in [2.45, 2.75) is 20.4 Å². The Morgan fingerprint density at radius 1 is 1.11 bits per heavy atom. The number of carbonyl (C=O) groups is 1. The molecule has 1 unspecified atom stereocenters. The van der Waals surface area contributed by atoms with Gasteiger partial charge in [-0.2, -0.15) is 0 Å². The lowest BCUT2D eigenvalue weighted by Gasteiger charge is -2.38. The van der Waals surface area contributed by atoms with Gasteiger partial charge in [-0.1, -0.05) is 24.8 Å². The summed E-state index contributed by atoms with van der Waals surface area (Å²) in [6.45, 7) is 5.85. The molecule has 7 nitrogen and oxygen atoms in total. The van der Waals surface area contributed by atoms with E-state index < -0.39 is 5.91 Å². The molecule has 1 fully saturated rings. The first-order valence-corrected chi connectivity index (χ1v) is 9.39. The van der Waals surface area contributed by atoms with Crippen molar-refractivity contribution in [1.29, 1.82) is 0 Å². The van der Waals surface area contributed by atoms with Crippen LogP contribution in [0.3, 0.4) is 0 Å². The highest BCUT2D eigenvalue weighted by Crippen LogP contribution is 2.27. The molecule has 142 valence electrons. The van der Waals surface area contributed by atoms with Gasteiger partial charge in [0, 0.05) is 44.6 Å². The van der Waals surface area contributed by atoms with Crippen molar-refractivity contribution in [1.82, 2.24) is 19.9 Å². The van der Waals surface area contributed by atoms with Gasteiger partial charge in [0.15, 0.2) is 5.13 Å². The number of anilines is 1. The van der Waals surface area contributed by atoms with Crippen LogP contribution in [0.25, 0.3) is 11.0 Å². The second-order valence-electron chi connectivity index (χ2n) is 6.37. The third-order valence-electron chi connectivity index (χ3n) is 4.84. The lowest BCUT2D eigenvalue weighted by Crippen LogP contribution is -2.47. The molecule has 1 amide bonds. The lowest BCUT2D eigenvalue weighted by molar-refractivity contribution is 0.100. The highest BCUT2D eigenvalue weighted by Gasteiger charge is 2.24. The van der Waals surface area contributed by atoms with Gasteiger partial charge in [0.05, 0.1) is 17.2 Å². The van der Waals surface area contributed by atoms with Crippen molar-refractivity contribution in [2.75, 3.05) is 31.1 Å². The number of fused-ring (bicyclic) bond motifs is 1. The van der Waals surface area contributed by atoms with Crippen LogP contribution in [0, 0.1) is 0 Å². The molecule has 1 aliphatic rings. The molecule has 1 atom stereocenters. The van der Waals surface area contributed by atoms with Crippen LogP contribution in [-0.4, -0.2) is 51.9 Å². The number of hydrogen-bond acceptors (Lipinski definition) is 7. The highest BCUT2D eigenvalue weighted by molar-refractivity contribution is 7.17. The van der Waals surface area contributed by atoms with E-state index in [0.717, 1.165) is 42.3 Å². The van der Waals surface area contributed by atoms with Gasteiger partial charge in [-0.15, -0.1) is 0 Å². The molecule has 1 saturated heterocycles. The predicted octanol–water partition coefficient (Wildman–Crippen LogP) is 2.70. The van der Waals surface area contributed by atoms with Gasteiger partial charge in [-0.3, -0.25) is 19.7 Å². The molecular formula is C19H24N6OS. The Labute approximate surface area is 162 Å². The van der Waals surface area contributed by atoms with Crippen molar-refractivity contribution >= 4 is 33.4 Å². The quantitative estimate of drug-likeness (QED) is 0.744. The number of nitrogens with zero attached hydrogens (tertiary/aromatic N) is 5. The molecule has 1 aliphatic heterocycles. The van der Waals surface area contributed by atoms with Gasteiger partial charge in [-0.25, -0.2) is 4.98 Å². The maximum absolute atomic E-state index is 11.2. The fourth-order valence-corrected chi connectivity index (χ4v) is 4.10. The lowest BCUT2D eigenvalue weighted by atomic mass is 10.1. The van der Waals surface area contributed by atoms with Crippen LogP contribution in [-0.2, 0) is 0 Å². The maximum atomic E-state index is 11.2. The molecule has 1 aromatic carbocycles. The third kappa shape index (κ3) is 3.91. The summed E-state index contributed by atoms with van der Waals surface area (Å²) in [7, 11) is 0. The average Bonchev–Trinajstić information content (AvgIpc) is 3.18. The van der Waals surface area contributed by atoms with Gasteiger partial charge in [0.2, 0.25) is 0 Å². The number of thiazole rings is 1. The minimum Gasteiger partial charge on any atom is -0.365 e. The smallest absolute Gasteiger partial charge is 0.260 e. The number of rotatable bonds is 4. The Bertz CT molecular complexity index is 935. The molecule has 0 radical (unpaired) electrons. The molecule has 0 bridgehead atoms. The Morgan fingerprint density at radius 2 is 1.81 bits per heavy atom. The van der Waals surface area contributed by atoms with E-state index in [1.807, 2.05) is 6.07 Å². The summed E-state index contributed by atoms with van der Waals surface area (Å²) in [5, 5.41) is 0.868. The molecule has 3 aromatic rings. The molecular weight excluding hydrogens is 360 g/mol. The normalized spacial score (nSPS) is 16.1.